The highest BCUT2D eigenvalue weighted by molar-refractivity contribution is 5.89. The lowest BCUT2D eigenvalue weighted by Gasteiger charge is -1.99. The molecule has 2 nitrogen and oxygen atoms in total. The standard InChI is InChI=1S/C8H6F2O2.C2H6/c1-12-8(11)6-3-2-5(9)4-7(6)10;1-2/h2-4H,1H3;1-2H3. The molecule has 78 valence electrons. The Hall–Kier alpha value is -1.45. The number of carbonyl (C=O) groups excluding carboxylic acids is 1. The first-order valence-electron chi connectivity index (χ1n) is 4.18. The summed E-state index contributed by atoms with van der Waals surface area (Å²) in [6, 6.07) is 2.66. The molecule has 0 atom stereocenters. The maximum atomic E-state index is 12.7. The molecule has 1 aromatic carbocycles. The van der Waals surface area contributed by atoms with Crippen molar-refractivity contribution in [2.45, 2.75) is 13.8 Å². The van der Waals surface area contributed by atoms with Crippen molar-refractivity contribution >= 4 is 5.97 Å². The number of benzene rings is 1. The molecule has 1 rings (SSSR count). The normalized spacial score (nSPS) is 8.64. The van der Waals surface area contributed by atoms with Crippen LogP contribution in [-0.4, -0.2) is 13.1 Å². The van der Waals surface area contributed by atoms with Gasteiger partial charge in [0.15, 0.2) is 0 Å². The molecule has 4 heteroatoms. The average Bonchev–Trinajstić information content (AvgIpc) is 2.20. The smallest absolute Gasteiger partial charge is 0.340 e. The Balaban J connectivity index is 0.000000791. The van der Waals surface area contributed by atoms with Crippen LogP contribution in [0.4, 0.5) is 8.78 Å². The lowest BCUT2D eigenvalue weighted by molar-refractivity contribution is 0.0595. The molecule has 0 radical (unpaired) electrons. The fourth-order valence-electron chi connectivity index (χ4n) is 0.765. The largest absolute Gasteiger partial charge is 0.465 e. The molecule has 0 spiro atoms. The van der Waals surface area contributed by atoms with Crippen LogP contribution < -0.4 is 0 Å². The first-order chi connectivity index (χ1) is 6.65. The zero-order valence-corrected chi connectivity index (χ0v) is 8.30. The summed E-state index contributed by atoms with van der Waals surface area (Å²) >= 11 is 0. The highest BCUT2D eigenvalue weighted by Gasteiger charge is 2.11. The number of methoxy groups -OCH3 is 1. The highest BCUT2D eigenvalue weighted by atomic mass is 19.1. The van der Waals surface area contributed by atoms with Crippen LogP contribution in [0.15, 0.2) is 18.2 Å². The molecule has 1 aromatic rings. The SMILES string of the molecule is CC.COC(=O)c1ccc(F)cc1F. The van der Waals surface area contributed by atoms with Crippen LogP contribution in [0.25, 0.3) is 0 Å². The van der Waals surface area contributed by atoms with E-state index in [2.05, 4.69) is 4.74 Å². The quantitative estimate of drug-likeness (QED) is 0.654. The minimum atomic E-state index is -0.915. The molecule has 0 aliphatic heterocycles. The van der Waals surface area contributed by atoms with Crippen molar-refractivity contribution in [1.29, 1.82) is 0 Å². The van der Waals surface area contributed by atoms with E-state index in [0.717, 1.165) is 19.2 Å². The van der Waals surface area contributed by atoms with Gasteiger partial charge in [-0.1, -0.05) is 13.8 Å². The first kappa shape index (κ1) is 12.6. The van der Waals surface area contributed by atoms with Crippen molar-refractivity contribution in [3.63, 3.8) is 0 Å². The fourth-order valence-corrected chi connectivity index (χ4v) is 0.765. The first-order valence-corrected chi connectivity index (χ1v) is 4.18. The Bertz CT molecular complexity index is 311. The van der Waals surface area contributed by atoms with Gasteiger partial charge in [-0.25, -0.2) is 13.6 Å². The van der Waals surface area contributed by atoms with Gasteiger partial charge in [0.25, 0.3) is 0 Å². The summed E-state index contributed by atoms with van der Waals surface area (Å²) in [4.78, 5) is 10.8. The van der Waals surface area contributed by atoms with E-state index in [1.54, 1.807) is 0 Å². The molecule has 0 unspecified atom stereocenters. The van der Waals surface area contributed by atoms with Crippen molar-refractivity contribution in [3.8, 4) is 0 Å². The van der Waals surface area contributed by atoms with E-state index >= 15 is 0 Å². The monoisotopic (exact) mass is 202 g/mol. The summed E-state index contributed by atoms with van der Waals surface area (Å²) in [7, 11) is 1.13. The molecule has 0 bridgehead atoms. The predicted molar refractivity (Wildman–Crippen MR) is 49.0 cm³/mol. The number of halogens is 2. The number of hydrogen-bond acceptors (Lipinski definition) is 2. The van der Waals surface area contributed by atoms with Gasteiger partial charge in [0.1, 0.15) is 11.6 Å². The topological polar surface area (TPSA) is 26.3 Å². The lowest BCUT2D eigenvalue weighted by Crippen LogP contribution is -2.04. The Morgan fingerprint density at radius 1 is 1.29 bits per heavy atom. The average molecular weight is 202 g/mol. The van der Waals surface area contributed by atoms with Crippen LogP contribution in [0.5, 0.6) is 0 Å². The van der Waals surface area contributed by atoms with Crippen LogP contribution in [0.1, 0.15) is 24.2 Å². The molecule has 0 saturated heterocycles. The molecule has 0 fully saturated rings. The van der Waals surface area contributed by atoms with Crippen molar-refractivity contribution in [2.75, 3.05) is 7.11 Å². The van der Waals surface area contributed by atoms with Gasteiger partial charge in [-0.3, -0.25) is 0 Å². The van der Waals surface area contributed by atoms with Gasteiger partial charge in [-0.2, -0.15) is 0 Å². The second-order valence-corrected chi connectivity index (χ2v) is 2.12. The fraction of sp³-hybridized carbons (Fsp3) is 0.300. The second-order valence-electron chi connectivity index (χ2n) is 2.12. The van der Waals surface area contributed by atoms with Crippen LogP contribution in [0.3, 0.4) is 0 Å². The summed E-state index contributed by atoms with van der Waals surface area (Å²) in [6.45, 7) is 4.00. The van der Waals surface area contributed by atoms with Gasteiger partial charge < -0.3 is 4.74 Å². The van der Waals surface area contributed by atoms with Crippen LogP contribution in [-0.2, 0) is 4.74 Å². The zero-order chi connectivity index (χ0) is 11.1. The molecule has 0 amide bonds. The summed E-state index contributed by atoms with van der Waals surface area (Å²) in [5.74, 6) is -2.45. The van der Waals surface area contributed by atoms with Gasteiger partial charge in [-0.15, -0.1) is 0 Å². The zero-order valence-electron chi connectivity index (χ0n) is 8.30. The Morgan fingerprint density at radius 3 is 2.29 bits per heavy atom. The molecule has 0 N–H and O–H groups in total. The van der Waals surface area contributed by atoms with Crippen LogP contribution >= 0.6 is 0 Å². The lowest BCUT2D eigenvalue weighted by atomic mass is 10.2. The minimum absolute atomic E-state index is 0.265. The number of ether oxygens (including phenoxy) is 1. The van der Waals surface area contributed by atoms with E-state index in [9.17, 15) is 13.6 Å². The Labute approximate surface area is 81.5 Å². The Morgan fingerprint density at radius 2 is 1.86 bits per heavy atom. The maximum absolute atomic E-state index is 12.7. The van der Waals surface area contributed by atoms with E-state index in [4.69, 9.17) is 0 Å². The van der Waals surface area contributed by atoms with Crippen LogP contribution in [0, 0.1) is 11.6 Å². The molecule has 0 aliphatic rings. The number of rotatable bonds is 1. The van der Waals surface area contributed by atoms with Crippen molar-refractivity contribution < 1.29 is 18.3 Å². The molecular weight excluding hydrogens is 190 g/mol. The third-order valence-electron chi connectivity index (χ3n) is 1.34. The molecule has 0 heterocycles. The van der Waals surface area contributed by atoms with Gasteiger partial charge in [0, 0.05) is 6.07 Å². The Kier molecular flexibility index (Phi) is 5.44. The summed E-state index contributed by atoms with van der Waals surface area (Å²) in [6.07, 6.45) is 0. The van der Waals surface area contributed by atoms with Gasteiger partial charge >= 0.3 is 5.97 Å². The summed E-state index contributed by atoms with van der Waals surface area (Å²) < 4.78 is 29.3. The van der Waals surface area contributed by atoms with E-state index < -0.39 is 17.6 Å². The van der Waals surface area contributed by atoms with Gasteiger partial charge in [0.05, 0.1) is 12.7 Å². The third-order valence-corrected chi connectivity index (χ3v) is 1.34. The maximum Gasteiger partial charge on any atom is 0.340 e. The minimum Gasteiger partial charge on any atom is -0.465 e. The summed E-state index contributed by atoms with van der Waals surface area (Å²) in [5.41, 5.74) is -0.265. The van der Waals surface area contributed by atoms with E-state index in [1.807, 2.05) is 13.8 Å². The number of carbonyl (C=O) groups is 1. The third kappa shape index (κ3) is 3.12. The molecular formula is C10H12F2O2. The van der Waals surface area contributed by atoms with Gasteiger partial charge in [0.2, 0.25) is 0 Å². The second kappa shape index (κ2) is 6.07. The number of hydrogen-bond donors (Lipinski definition) is 0. The summed E-state index contributed by atoms with van der Waals surface area (Å²) in [5, 5.41) is 0. The predicted octanol–water partition coefficient (Wildman–Crippen LogP) is 2.78. The molecule has 0 aliphatic carbocycles. The van der Waals surface area contributed by atoms with Crippen molar-refractivity contribution in [3.05, 3.63) is 35.4 Å². The molecule has 0 saturated carbocycles. The van der Waals surface area contributed by atoms with Crippen molar-refractivity contribution in [2.24, 2.45) is 0 Å². The van der Waals surface area contributed by atoms with Gasteiger partial charge in [-0.05, 0) is 12.1 Å². The molecule has 14 heavy (non-hydrogen) atoms. The van der Waals surface area contributed by atoms with Crippen LogP contribution in [0.2, 0.25) is 0 Å². The highest BCUT2D eigenvalue weighted by Crippen LogP contribution is 2.09. The molecule has 0 aromatic heterocycles. The van der Waals surface area contributed by atoms with E-state index in [1.165, 1.54) is 0 Å². The van der Waals surface area contributed by atoms with E-state index in [-0.39, 0.29) is 5.56 Å². The van der Waals surface area contributed by atoms with E-state index in [0.29, 0.717) is 6.07 Å². The number of esters is 1. The van der Waals surface area contributed by atoms with Crippen molar-refractivity contribution in [1.82, 2.24) is 0 Å².